The van der Waals surface area contributed by atoms with Crippen LogP contribution in [0.2, 0.25) is 0 Å². The van der Waals surface area contributed by atoms with Crippen LogP contribution in [-0.2, 0) is 6.54 Å². The van der Waals surface area contributed by atoms with E-state index < -0.39 is 0 Å². The van der Waals surface area contributed by atoms with Gasteiger partial charge in [0.2, 0.25) is 0 Å². The van der Waals surface area contributed by atoms with Crippen molar-refractivity contribution in [1.82, 2.24) is 15.2 Å². The Morgan fingerprint density at radius 3 is 2.70 bits per heavy atom. The summed E-state index contributed by atoms with van der Waals surface area (Å²) >= 11 is 0. The Morgan fingerprint density at radius 2 is 2.15 bits per heavy atom. The molecule has 20 heavy (non-hydrogen) atoms. The van der Waals surface area contributed by atoms with E-state index in [-0.39, 0.29) is 0 Å². The van der Waals surface area contributed by atoms with E-state index in [9.17, 15) is 0 Å². The van der Waals surface area contributed by atoms with Crippen LogP contribution in [0.3, 0.4) is 0 Å². The zero-order valence-electron chi connectivity index (χ0n) is 13.2. The average Bonchev–Trinajstić information content (AvgIpc) is 3.30. The molecular weight excluding hydrogens is 246 g/mol. The lowest BCUT2D eigenvalue weighted by Crippen LogP contribution is -2.42. The number of hydrogen-bond acceptors (Lipinski definition) is 3. The zero-order valence-corrected chi connectivity index (χ0v) is 13.2. The predicted molar refractivity (Wildman–Crippen MR) is 84.6 cm³/mol. The molecule has 0 aromatic carbocycles. The van der Waals surface area contributed by atoms with Crippen molar-refractivity contribution in [2.75, 3.05) is 19.6 Å². The van der Waals surface area contributed by atoms with Crippen LogP contribution in [0.25, 0.3) is 0 Å². The van der Waals surface area contributed by atoms with Crippen LogP contribution < -0.4 is 5.32 Å². The molecule has 1 aromatic heterocycles. The van der Waals surface area contributed by atoms with E-state index in [0.29, 0.717) is 5.41 Å². The normalized spacial score (nSPS) is 18.2. The Bertz CT molecular complexity index is 388. The first-order chi connectivity index (χ1) is 9.65. The van der Waals surface area contributed by atoms with Gasteiger partial charge in [-0.3, -0.25) is 9.88 Å². The van der Waals surface area contributed by atoms with Crippen LogP contribution in [0.1, 0.15) is 45.7 Å². The molecular formula is C17H29N3. The molecule has 1 atom stereocenters. The summed E-state index contributed by atoms with van der Waals surface area (Å²) in [6.45, 7) is 11.3. The van der Waals surface area contributed by atoms with Gasteiger partial charge >= 0.3 is 0 Å². The summed E-state index contributed by atoms with van der Waals surface area (Å²) in [5.41, 5.74) is 1.52. The Labute approximate surface area is 123 Å². The van der Waals surface area contributed by atoms with Crippen LogP contribution in [-0.4, -0.2) is 35.6 Å². The Hall–Kier alpha value is -0.930. The minimum absolute atomic E-state index is 0.355. The van der Waals surface area contributed by atoms with Crippen LogP contribution in [0.15, 0.2) is 24.4 Å². The molecule has 3 nitrogen and oxygen atoms in total. The predicted octanol–water partition coefficient (Wildman–Crippen LogP) is 3.07. The minimum Gasteiger partial charge on any atom is -0.313 e. The highest BCUT2D eigenvalue weighted by Crippen LogP contribution is 2.26. The molecule has 1 N–H and O–H groups in total. The van der Waals surface area contributed by atoms with Gasteiger partial charge in [-0.2, -0.15) is 0 Å². The number of rotatable bonds is 9. The van der Waals surface area contributed by atoms with Gasteiger partial charge in [-0.05, 0) is 43.4 Å². The van der Waals surface area contributed by atoms with E-state index in [0.717, 1.165) is 32.2 Å². The van der Waals surface area contributed by atoms with Crippen molar-refractivity contribution < 1.29 is 0 Å². The minimum atomic E-state index is 0.355. The van der Waals surface area contributed by atoms with E-state index in [4.69, 9.17) is 0 Å². The monoisotopic (exact) mass is 275 g/mol. The van der Waals surface area contributed by atoms with Gasteiger partial charge < -0.3 is 5.32 Å². The van der Waals surface area contributed by atoms with Crippen LogP contribution >= 0.6 is 0 Å². The first kappa shape index (κ1) is 15.5. The summed E-state index contributed by atoms with van der Waals surface area (Å²) in [5, 5.41) is 3.70. The molecule has 0 bridgehead atoms. The van der Waals surface area contributed by atoms with Crippen molar-refractivity contribution in [3.8, 4) is 0 Å². The van der Waals surface area contributed by atoms with Crippen LogP contribution in [0.5, 0.6) is 0 Å². The SMILES string of the molecule is CCN(Cc1ccccn1)CC(C)(CC)CNC1CC1. The third-order valence-electron chi connectivity index (χ3n) is 4.41. The number of nitrogens with zero attached hydrogens (tertiary/aromatic N) is 2. The van der Waals surface area contributed by atoms with Crippen molar-refractivity contribution >= 4 is 0 Å². The zero-order chi connectivity index (χ0) is 14.4. The Balaban J connectivity index is 1.88. The maximum absolute atomic E-state index is 4.45. The fourth-order valence-electron chi connectivity index (χ4n) is 2.51. The van der Waals surface area contributed by atoms with E-state index in [1.54, 1.807) is 0 Å². The second-order valence-corrected chi connectivity index (χ2v) is 6.44. The van der Waals surface area contributed by atoms with Gasteiger partial charge in [0.15, 0.2) is 0 Å². The topological polar surface area (TPSA) is 28.2 Å². The third kappa shape index (κ3) is 4.88. The molecule has 0 radical (unpaired) electrons. The molecule has 1 fully saturated rings. The lowest BCUT2D eigenvalue weighted by Gasteiger charge is -2.34. The van der Waals surface area contributed by atoms with Gasteiger partial charge in [0, 0.05) is 31.9 Å². The lowest BCUT2D eigenvalue weighted by molar-refractivity contribution is 0.153. The van der Waals surface area contributed by atoms with Gasteiger partial charge in [-0.25, -0.2) is 0 Å². The van der Waals surface area contributed by atoms with Gasteiger partial charge in [0.1, 0.15) is 0 Å². The standard InChI is InChI=1S/C17H29N3/c1-4-17(3,13-19-15-9-10-15)14-20(5-2)12-16-8-6-7-11-18-16/h6-8,11,15,19H,4-5,9-10,12-14H2,1-3H3. The molecule has 1 heterocycles. The van der Waals surface area contributed by atoms with Crippen molar-refractivity contribution in [2.24, 2.45) is 5.41 Å². The Morgan fingerprint density at radius 1 is 1.35 bits per heavy atom. The van der Waals surface area contributed by atoms with E-state index >= 15 is 0 Å². The number of nitrogens with one attached hydrogen (secondary N) is 1. The fraction of sp³-hybridized carbons (Fsp3) is 0.706. The van der Waals surface area contributed by atoms with E-state index in [1.165, 1.54) is 25.0 Å². The van der Waals surface area contributed by atoms with Crippen molar-refractivity contribution in [1.29, 1.82) is 0 Å². The van der Waals surface area contributed by atoms with Gasteiger partial charge in [-0.15, -0.1) is 0 Å². The quantitative estimate of drug-likeness (QED) is 0.751. The summed E-state index contributed by atoms with van der Waals surface area (Å²) in [7, 11) is 0. The number of hydrogen-bond donors (Lipinski definition) is 1. The van der Waals surface area contributed by atoms with E-state index in [1.807, 2.05) is 12.3 Å². The third-order valence-corrected chi connectivity index (χ3v) is 4.41. The van der Waals surface area contributed by atoms with Crippen molar-refractivity contribution in [3.05, 3.63) is 30.1 Å². The number of aromatic nitrogens is 1. The molecule has 0 saturated heterocycles. The maximum Gasteiger partial charge on any atom is 0.0543 e. The average molecular weight is 275 g/mol. The van der Waals surface area contributed by atoms with Gasteiger partial charge in [-0.1, -0.05) is 26.8 Å². The first-order valence-electron chi connectivity index (χ1n) is 8.01. The molecule has 0 aliphatic heterocycles. The highest BCUT2D eigenvalue weighted by molar-refractivity contribution is 5.03. The van der Waals surface area contributed by atoms with E-state index in [2.05, 4.69) is 48.1 Å². The Kier molecular flexibility index (Phi) is 5.55. The molecule has 0 spiro atoms. The summed E-state index contributed by atoms with van der Waals surface area (Å²) in [5.74, 6) is 0. The van der Waals surface area contributed by atoms with Gasteiger partial charge in [0.05, 0.1) is 5.69 Å². The second kappa shape index (κ2) is 7.19. The van der Waals surface area contributed by atoms with Crippen molar-refractivity contribution in [3.63, 3.8) is 0 Å². The lowest BCUT2D eigenvalue weighted by atomic mass is 9.86. The molecule has 3 heteroatoms. The summed E-state index contributed by atoms with van der Waals surface area (Å²) in [6.07, 6.45) is 5.83. The molecule has 1 aliphatic rings. The highest BCUT2D eigenvalue weighted by Gasteiger charge is 2.28. The maximum atomic E-state index is 4.45. The second-order valence-electron chi connectivity index (χ2n) is 6.44. The first-order valence-corrected chi connectivity index (χ1v) is 8.01. The van der Waals surface area contributed by atoms with Crippen LogP contribution in [0.4, 0.5) is 0 Å². The largest absolute Gasteiger partial charge is 0.313 e. The molecule has 1 aromatic rings. The van der Waals surface area contributed by atoms with Crippen LogP contribution in [0, 0.1) is 5.41 Å². The summed E-state index contributed by atoms with van der Waals surface area (Å²) in [4.78, 5) is 6.96. The smallest absolute Gasteiger partial charge is 0.0543 e. The molecule has 2 rings (SSSR count). The van der Waals surface area contributed by atoms with Gasteiger partial charge in [0.25, 0.3) is 0 Å². The molecule has 0 amide bonds. The fourth-order valence-corrected chi connectivity index (χ4v) is 2.51. The molecule has 112 valence electrons. The molecule has 1 saturated carbocycles. The summed E-state index contributed by atoms with van der Waals surface area (Å²) < 4.78 is 0. The summed E-state index contributed by atoms with van der Waals surface area (Å²) in [6, 6.07) is 6.97. The molecule has 1 aliphatic carbocycles. The molecule has 1 unspecified atom stereocenters. The highest BCUT2D eigenvalue weighted by atomic mass is 15.1. The van der Waals surface area contributed by atoms with Crippen molar-refractivity contribution in [2.45, 2.75) is 52.6 Å². The number of pyridine rings is 1.